The fraction of sp³-hybridized carbons (Fsp3) is 0.158. The van der Waals surface area contributed by atoms with Gasteiger partial charge in [-0.15, -0.1) is 0 Å². The molecule has 3 aromatic rings. The summed E-state index contributed by atoms with van der Waals surface area (Å²) < 4.78 is 17.3. The topological polar surface area (TPSA) is 74.6 Å². The zero-order valence-electron chi connectivity index (χ0n) is 15.0. The van der Waals surface area contributed by atoms with Crippen molar-refractivity contribution in [2.45, 2.75) is 0 Å². The minimum absolute atomic E-state index is 0.135. The summed E-state index contributed by atoms with van der Waals surface area (Å²) in [6.45, 7) is 0. The third kappa shape index (κ3) is 3.83. The first-order chi connectivity index (χ1) is 13.1. The van der Waals surface area contributed by atoms with Gasteiger partial charge in [0.1, 0.15) is 11.5 Å². The van der Waals surface area contributed by atoms with E-state index in [1.807, 2.05) is 30.3 Å². The van der Waals surface area contributed by atoms with Crippen LogP contribution in [0.4, 0.5) is 5.69 Å². The van der Waals surface area contributed by atoms with Crippen LogP contribution in [0.1, 0.15) is 10.5 Å². The maximum atomic E-state index is 12.8. The SMILES string of the molecule is COc1cc(OC)c(NC(=O)c2nn(-c3ccccc3)cc2OC)cc1Cl. The van der Waals surface area contributed by atoms with Crippen molar-refractivity contribution in [3.8, 4) is 22.9 Å². The van der Waals surface area contributed by atoms with Crippen molar-refractivity contribution < 1.29 is 19.0 Å². The first-order valence-corrected chi connectivity index (χ1v) is 8.37. The van der Waals surface area contributed by atoms with Gasteiger partial charge in [0, 0.05) is 6.07 Å². The zero-order valence-corrected chi connectivity index (χ0v) is 15.8. The molecule has 0 aliphatic heterocycles. The smallest absolute Gasteiger partial charge is 0.280 e. The van der Waals surface area contributed by atoms with E-state index < -0.39 is 5.91 Å². The van der Waals surface area contributed by atoms with Gasteiger partial charge in [0.25, 0.3) is 5.91 Å². The first kappa shape index (κ1) is 18.6. The number of nitrogens with one attached hydrogen (secondary N) is 1. The molecule has 0 saturated heterocycles. The second kappa shape index (κ2) is 8.01. The predicted molar refractivity (Wildman–Crippen MR) is 103 cm³/mol. The highest BCUT2D eigenvalue weighted by Crippen LogP contribution is 2.36. The molecule has 1 aromatic heterocycles. The Morgan fingerprint density at radius 1 is 1.00 bits per heavy atom. The maximum Gasteiger partial charge on any atom is 0.280 e. The van der Waals surface area contributed by atoms with Crippen molar-refractivity contribution in [3.05, 3.63) is 59.4 Å². The minimum atomic E-state index is -0.457. The fourth-order valence-electron chi connectivity index (χ4n) is 2.52. The van der Waals surface area contributed by atoms with E-state index in [9.17, 15) is 4.79 Å². The van der Waals surface area contributed by atoms with Crippen molar-refractivity contribution in [2.75, 3.05) is 26.6 Å². The molecule has 7 nitrogen and oxygen atoms in total. The number of nitrogens with zero attached hydrogens (tertiary/aromatic N) is 2. The molecule has 0 unspecified atom stereocenters. The molecule has 0 atom stereocenters. The van der Waals surface area contributed by atoms with Crippen LogP contribution in [0, 0.1) is 0 Å². The number of para-hydroxylation sites is 1. The molecule has 8 heteroatoms. The van der Waals surface area contributed by atoms with Gasteiger partial charge in [0.05, 0.1) is 43.9 Å². The number of carbonyl (C=O) groups is 1. The lowest BCUT2D eigenvalue weighted by molar-refractivity contribution is 0.101. The number of hydrogen-bond donors (Lipinski definition) is 1. The Hall–Kier alpha value is -3.19. The lowest BCUT2D eigenvalue weighted by Crippen LogP contribution is -2.15. The summed E-state index contributed by atoms with van der Waals surface area (Å²) >= 11 is 6.15. The number of rotatable bonds is 6. The molecular weight excluding hydrogens is 370 g/mol. The van der Waals surface area contributed by atoms with Crippen LogP contribution >= 0.6 is 11.6 Å². The summed E-state index contributed by atoms with van der Waals surface area (Å²) in [5, 5.41) is 7.43. The van der Waals surface area contributed by atoms with Crippen molar-refractivity contribution >= 4 is 23.2 Å². The van der Waals surface area contributed by atoms with Crippen molar-refractivity contribution in [1.82, 2.24) is 9.78 Å². The molecular formula is C19H18ClN3O4. The Balaban J connectivity index is 1.93. The standard InChI is InChI=1S/C19H18ClN3O4/c1-25-15-10-16(26-2)14(9-13(15)20)21-19(24)18-17(27-3)11-23(22-18)12-7-5-4-6-8-12/h4-11H,1-3H3,(H,21,24). The second-order valence-electron chi connectivity index (χ2n) is 5.47. The molecule has 0 fully saturated rings. The van der Waals surface area contributed by atoms with Gasteiger partial charge in [-0.05, 0) is 18.2 Å². The van der Waals surface area contributed by atoms with Crippen LogP contribution in [0.3, 0.4) is 0 Å². The summed E-state index contributed by atoms with van der Waals surface area (Å²) in [5.74, 6) is 0.736. The molecule has 0 bridgehead atoms. The molecule has 3 rings (SSSR count). The minimum Gasteiger partial charge on any atom is -0.495 e. The van der Waals surface area contributed by atoms with Crippen molar-refractivity contribution in [2.24, 2.45) is 0 Å². The lowest BCUT2D eigenvalue weighted by atomic mass is 10.2. The molecule has 2 aromatic carbocycles. The summed E-state index contributed by atoms with van der Waals surface area (Å²) in [5.41, 5.74) is 1.33. The van der Waals surface area contributed by atoms with Crippen molar-refractivity contribution in [3.63, 3.8) is 0 Å². The number of aromatic nitrogens is 2. The molecule has 1 heterocycles. The van der Waals surface area contributed by atoms with Crippen LogP contribution in [0.25, 0.3) is 5.69 Å². The van der Waals surface area contributed by atoms with E-state index in [1.54, 1.807) is 23.0 Å². The highest BCUT2D eigenvalue weighted by molar-refractivity contribution is 6.32. The van der Waals surface area contributed by atoms with Gasteiger partial charge < -0.3 is 19.5 Å². The maximum absolute atomic E-state index is 12.8. The molecule has 0 aliphatic rings. The molecule has 0 radical (unpaired) electrons. The third-order valence-electron chi connectivity index (χ3n) is 3.86. The van der Waals surface area contributed by atoms with Gasteiger partial charge in [-0.3, -0.25) is 4.79 Å². The number of anilines is 1. The Bertz CT molecular complexity index is 957. The monoisotopic (exact) mass is 387 g/mol. The van der Waals surface area contributed by atoms with Gasteiger partial charge in [-0.25, -0.2) is 4.68 Å². The molecule has 140 valence electrons. The number of methoxy groups -OCH3 is 3. The van der Waals surface area contributed by atoms with E-state index in [0.29, 0.717) is 28.0 Å². The molecule has 0 spiro atoms. The van der Waals surface area contributed by atoms with Crippen molar-refractivity contribution in [1.29, 1.82) is 0 Å². The third-order valence-corrected chi connectivity index (χ3v) is 4.15. The number of ether oxygens (including phenoxy) is 3. The van der Waals surface area contributed by atoms with E-state index in [-0.39, 0.29) is 5.69 Å². The molecule has 1 N–H and O–H groups in total. The number of benzene rings is 2. The van der Waals surface area contributed by atoms with Crippen LogP contribution in [0.15, 0.2) is 48.7 Å². The van der Waals surface area contributed by atoms with Gasteiger partial charge >= 0.3 is 0 Å². The predicted octanol–water partition coefficient (Wildman–Crippen LogP) is 3.80. The summed E-state index contributed by atoms with van der Waals surface area (Å²) in [6.07, 6.45) is 1.64. The van der Waals surface area contributed by atoms with Gasteiger partial charge in [0.2, 0.25) is 0 Å². The number of hydrogen-bond acceptors (Lipinski definition) is 5. The summed E-state index contributed by atoms with van der Waals surface area (Å²) in [7, 11) is 4.47. The van der Waals surface area contributed by atoms with Crippen LogP contribution in [0.5, 0.6) is 17.2 Å². The van der Waals surface area contributed by atoms with Crippen LogP contribution < -0.4 is 19.5 Å². The second-order valence-corrected chi connectivity index (χ2v) is 5.87. The molecule has 27 heavy (non-hydrogen) atoms. The molecule has 0 saturated carbocycles. The van der Waals surface area contributed by atoms with Crippen LogP contribution in [-0.2, 0) is 0 Å². The van der Waals surface area contributed by atoms with Gasteiger partial charge in [0.15, 0.2) is 11.4 Å². The quantitative estimate of drug-likeness (QED) is 0.696. The molecule has 0 aliphatic carbocycles. The lowest BCUT2D eigenvalue weighted by Gasteiger charge is -2.12. The van der Waals surface area contributed by atoms with E-state index in [2.05, 4.69) is 10.4 Å². The highest BCUT2D eigenvalue weighted by Gasteiger charge is 2.20. The Kier molecular flexibility index (Phi) is 5.52. The normalized spacial score (nSPS) is 10.4. The van der Waals surface area contributed by atoms with Crippen LogP contribution in [0.2, 0.25) is 5.02 Å². The molecule has 1 amide bonds. The van der Waals surface area contributed by atoms with E-state index in [0.717, 1.165) is 5.69 Å². The Morgan fingerprint density at radius 3 is 2.30 bits per heavy atom. The summed E-state index contributed by atoms with van der Waals surface area (Å²) in [4.78, 5) is 12.8. The van der Waals surface area contributed by atoms with E-state index in [4.69, 9.17) is 25.8 Å². The van der Waals surface area contributed by atoms with Gasteiger partial charge in [-0.2, -0.15) is 5.10 Å². The fourth-order valence-corrected chi connectivity index (χ4v) is 2.76. The number of carbonyl (C=O) groups excluding carboxylic acids is 1. The average Bonchev–Trinajstić information content (AvgIpc) is 3.13. The van der Waals surface area contributed by atoms with E-state index in [1.165, 1.54) is 21.3 Å². The summed E-state index contributed by atoms with van der Waals surface area (Å²) in [6, 6.07) is 12.6. The Labute approximate surface area is 161 Å². The number of amides is 1. The highest BCUT2D eigenvalue weighted by atomic mass is 35.5. The first-order valence-electron chi connectivity index (χ1n) is 7.99. The largest absolute Gasteiger partial charge is 0.495 e. The van der Waals surface area contributed by atoms with E-state index >= 15 is 0 Å². The number of halogens is 1. The van der Waals surface area contributed by atoms with Crippen LogP contribution in [-0.4, -0.2) is 37.0 Å². The zero-order chi connectivity index (χ0) is 19.4. The van der Waals surface area contributed by atoms with Gasteiger partial charge in [-0.1, -0.05) is 29.8 Å². The Morgan fingerprint density at radius 2 is 1.67 bits per heavy atom. The average molecular weight is 388 g/mol.